The highest BCUT2D eigenvalue weighted by molar-refractivity contribution is 7.15. The molecule has 1 aliphatic heterocycles. The molecule has 6 aromatic heterocycles. The molecule has 0 radical (unpaired) electrons. The number of alkyl halides is 2. The fourth-order valence-corrected chi connectivity index (χ4v) is 5.95. The van der Waals surface area contributed by atoms with E-state index in [-0.39, 0.29) is 24.0 Å². The van der Waals surface area contributed by atoms with Gasteiger partial charge in [0.25, 0.3) is 5.92 Å². The molecule has 0 saturated carbocycles. The summed E-state index contributed by atoms with van der Waals surface area (Å²) < 4.78 is 43.3. The monoisotopic (exact) mass is 546 g/mol. The molecule has 7 rings (SSSR count). The van der Waals surface area contributed by atoms with Gasteiger partial charge < -0.3 is 4.98 Å². The van der Waals surface area contributed by atoms with Gasteiger partial charge in [-0.05, 0) is 36.8 Å². The van der Waals surface area contributed by atoms with E-state index in [1.54, 1.807) is 34.7 Å². The number of hydrogen-bond acceptors (Lipinski definition) is 7. The summed E-state index contributed by atoms with van der Waals surface area (Å²) in [5, 5.41) is 7.42. The molecule has 1 saturated heterocycles. The van der Waals surface area contributed by atoms with Crippen molar-refractivity contribution in [2.75, 3.05) is 13.1 Å². The molecule has 39 heavy (non-hydrogen) atoms. The first kappa shape index (κ1) is 23.9. The van der Waals surface area contributed by atoms with Crippen LogP contribution in [0.2, 0.25) is 0 Å². The molecule has 6 aromatic rings. The van der Waals surface area contributed by atoms with Gasteiger partial charge in [0.2, 0.25) is 0 Å². The summed E-state index contributed by atoms with van der Waals surface area (Å²) in [5.74, 6) is -2.88. The molecule has 1 fully saturated rings. The molecular weight excluding hydrogens is 525 g/mol. The van der Waals surface area contributed by atoms with Crippen LogP contribution in [0, 0.1) is 12.7 Å². The van der Waals surface area contributed by atoms with Crippen LogP contribution in [0.1, 0.15) is 16.9 Å². The van der Waals surface area contributed by atoms with Gasteiger partial charge in [-0.25, -0.2) is 23.1 Å². The maximum atomic E-state index is 16.1. The molecule has 0 bridgehead atoms. The number of thiophene rings is 1. The van der Waals surface area contributed by atoms with Crippen LogP contribution in [0.3, 0.4) is 0 Å². The average Bonchev–Trinajstić information content (AvgIpc) is 3.70. The number of aromatic amines is 2. The van der Waals surface area contributed by atoms with Crippen molar-refractivity contribution in [2.45, 2.75) is 25.8 Å². The summed E-state index contributed by atoms with van der Waals surface area (Å²) in [4.78, 5) is 24.8. The van der Waals surface area contributed by atoms with Gasteiger partial charge in [0, 0.05) is 59.0 Å². The van der Waals surface area contributed by atoms with Crippen LogP contribution in [0.15, 0.2) is 49.1 Å². The van der Waals surface area contributed by atoms with E-state index in [9.17, 15) is 8.78 Å². The lowest BCUT2D eigenvalue weighted by atomic mass is 10.1. The Balaban J connectivity index is 1.28. The van der Waals surface area contributed by atoms with Gasteiger partial charge in [-0.3, -0.25) is 20.0 Å². The summed E-state index contributed by atoms with van der Waals surface area (Å²) >= 11 is 1.66. The molecule has 7 heterocycles. The van der Waals surface area contributed by atoms with Gasteiger partial charge in [0.05, 0.1) is 23.6 Å². The van der Waals surface area contributed by atoms with Crippen LogP contribution >= 0.6 is 11.3 Å². The average molecular weight is 547 g/mol. The topological polar surface area (TPSA) is 99.3 Å². The van der Waals surface area contributed by atoms with Crippen LogP contribution in [0.5, 0.6) is 0 Å². The Morgan fingerprint density at radius 3 is 2.79 bits per heavy atom. The largest absolute Gasteiger partial charge is 0.321 e. The van der Waals surface area contributed by atoms with Crippen molar-refractivity contribution >= 4 is 33.4 Å². The number of H-pyrrole nitrogens is 2. The molecule has 0 unspecified atom stereocenters. The molecule has 8 nitrogen and oxygen atoms in total. The number of nitrogens with one attached hydrogen (secondary N) is 2. The molecule has 0 amide bonds. The molecular formula is C27H21F3N8S. The molecule has 196 valence electrons. The quantitative estimate of drug-likeness (QED) is 0.276. The lowest BCUT2D eigenvalue weighted by molar-refractivity contribution is 0.0115. The van der Waals surface area contributed by atoms with E-state index >= 15 is 4.39 Å². The van der Waals surface area contributed by atoms with E-state index in [2.05, 4.69) is 36.2 Å². The SMILES string of the molecule is Cc1ccc(-c2ccnc3[nH]c(-c4n[nH]c5cnc(-c6cncc(CN7CCC(F)(F)C7)c6)c(F)c45)nc23)s1. The van der Waals surface area contributed by atoms with Gasteiger partial charge in [-0.1, -0.05) is 0 Å². The number of aromatic nitrogens is 7. The molecule has 0 aliphatic carbocycles. The van der Waals surface area contributed by atoms with E-state index in [4.69, 9.17) is 4.98 Å². The van der Waals surface area contributed by atoms with E-state index in [0.29, 0.717) is 52.4 Å². The number of nitrogens with zero attached hydrogens (tertiary/aromatic N) is 6. The first-order chi connectivity index (χ1) is 18.8. The summed E-state index contributed by atoms with van der Waals surface area (Å²) in [7, 11) is 0. The van der Waals surface area contributed by atoms with Crippen molar-refractivity contribution in [1.29, 1.82) is 0 Å². The second kappa shape index (κ2) is 8.95. The Hall–Kier alpha value is -4.16. The van der Waals surface area contributed by atoms with Gasteiger partial charge >= 0.3 is 0 Å². The minimum atomic E-state index is -2.68. The predicted molar refractivity (Wildman–Crippen MR) is 143 cm³/mol. The maximum absolute atomic E-state index is 16.1. The Morgan fingerprint density at radius 1 is 1.10 bits per heavy atom. The highest BCUT2D eigenvalue weighted by atomic mass is 32.1. The normalized spacial score (nSPS) is 15.6. The minimum Gasteiger partial charge on any atom is -0.321 e. The summed E-state index contributed by atoms with van der Waals surface area (Å²) in [6, 6.07) is 7.74. The van der Waals surface area contributed by atoms with Crippen LogP contribution in [0.4, 0.5) is 13.2 Å². The zero-order valence-electron chi connectivity index (χ0n) is 20.7. The van der Waals surface area contributed by atoms with Crippen molar-refractivity contribution < 1.29 is 13.2 Å². The van der Waals surface area contributed by atoms with Gasteiger partial charge in [-0.2, -0.15) is 5.10 Å². The molecule has 0 atom stereocenters. The fraction of sp³-hybridized carbons (Fsp3) is 0.222. The number of halogens is 3. The van der Waals surface area contributed by atoms with Crippen molar-refractivity contribution in [3.05, 3.63) is 65.3 Å². The van der Waals surface area contributed by atoms with Gasteiger partial charge in [0.15, 0.2) is 17.3 Å². The highest BCUT2D eigenvalue weighted by Crippen LogP contribution is 2.36. The first-order valence-corrected chi connectivity index (χ1v) is 13.2. The van der Waals surface area contributed by atoms with Crippen molar-refractivity contribution in [3.8, 4) is 33.2 Å². The lowest BCUT2D eigenvalue weighted by Crippen LogP contribution is -2.24. The van der Waals surface area contributed by atoms with Crippen LogP contribution in [0.25, 0.3) is 55.3 Å². The third-order valence-corrected chi connectivity index (χ3v) is 7.92. The standard InChI is InChI=1S/C27H21F3N8S/c1-14-2-3-19(39-14)17-4-6-32-25-23(17)34-26(35-25)24-20-18(36-37-24)11-33-22(21(20)28)16-8-15(9-31-10-16)12-38-7-5-27(29,30)13-38/h2-4,6,8-11H,5,7,12-13H2,1H3,(H,36,37)(H,32,34,35). The van der Waals surface area contributed by atoms with E-state index in [1.807, 2.05) is 19.1 Å². The summed E-state index contributed by atoms with van der Waals surface area (Å²) in [6.45, 7) is 2.35. The Labute approximate surface area is 224 Å². The zero-order valence-corrected chi connectivity index (χ0v) is 21.5. The molecule has 0 spiro atoms. The zero-order chi connectivity index (χ0) is 26.7. The van der Waals surface area contributed by atoms with Gasteiger partial charge in [0.1, 0.15) is 16.9 Å². The number of rotatable bonds is 5. The summed E-state index contributed by atoms with van der Waals surface area (Å²) in [6.07, 6.45) is 6.18. The molecule has 12 heteroatoms. The van der Waals surface area contributed by atoms with E-state index in [1.165, 1.54) is 17.3 Å². The van der Waals surface area contributed by atoms with E-state index < -0.39 is 11.7 Å². The second-order valence-corrected chi connectivity index (χ2v) is 11.0. The third kappa shape index (κ3) is 4.25. The van der Waals surface area contributed by atoms with E-state index in [0.717, 1.165) is 10.4 Å². The Morgan fingerprint density at radius 2 is 2.00 bits per heavy atom. The summed E-state index contributed by atoms with van der Waals surface area (Å²) in [5.41, 5.74) is 4.15. The maximum Gasteiger partial charge on any atom is 0.261 e. The second-order valence-electron chi connectivity index (χ2n) is 9.73. The third-order valence-electron chi connectivity index (χ3n) is 6.88. The van der Waals surface area contributed by atoms with Crippen molar-refractivity contribution in [2.24, 2.45) is 0 Å². The number of imidazole rings is 1. The number of aryl methyl sites for hydroxylation is 1. The minimum absolute atomic E-state index is 0.0928. The number of likely N-dealkylation sites (tertiary alicyclic amines) is 1. The highest BCUT2D eigenvalue weighted by Gasteiger charge is 2.38. The Kier molecular flexibility index (Phi) is 5.49. The van der Waals surface area contributed by atoms with Crippen LogP contribution < -0.4 is 0 Å². The first-order valence-electron chi connectivity index (χ1n) is 12.3. The predicted octanol–water partition coefficient (Wildman–Crippen LogP) is 5.98. The number of hydrogen-bond donors (Lipinski definition) is 2. The van der Waals surface area contributed by atoms with Gasteiger partial charge in [-0.15, -0.1) is 11.3 Å². The Bertz CT molecular complexity index is 1860. The fourth-order valence-electron chi connectivity index (χ4n) is 5.05. The smallest absolute Gasteiger partial charge is 0.261 e. The number of fused-ring (bicyclic) bond motifs is 2. The molecule has 2 N–H and O–H groups in total. The molecule has 0 aromatic carbocycles. The van der Waals surface area contributed by atoms with Crippen LogP contribution in [-0.2, 0) is 6.54 Å². The van der Waals surface area contributed by atoms with Crippen molar-refractivity contribution in [3.63, 3.8) is 0 Å². The lowest BCUT2D eigenvalue weighted by Gasteiger charge is -2.15. The van der Waals surface area contributed by atoms with Crippen molar-refractivity contribution in [1.82, 2.24) is 40.0 Å². The molecule has 1 aliphatic rings. The van der Waals surface area contributed by atoms with Crippen LogP contribution in [-0.4, -0.2) is 59.0 Å². The number of pyridine rings is 3.